The van der Waals surface area contributed by atoms with Crippen molar-refractivity contribution in [2.24, 2.45) is 5.92 Å². The number of benzene rings is 2. The lowest BCUT2D eigenvalue weighted by Gasteiger charge is -2.44. The van der Waals surface area contributed by atoms with Gasteiger partial charge in [-0.3, -0.25) is 0 Å². The van der Waals surface area contributed by atoms with E-state index >= 15 is 4.57 Å². The molecule has 3 saturated carbocycles. The van der Waals surface area contributed by atoms with Crippen LogP contribution in [0.4, 0.5) is 0 Å². The van der Waals surface area contributed by atoms with E-state index in [-0.39, 0.29) is 11.6 Å². The molecule has 190 valence electrons. The van der Waals surface area contributed by atoms with Crippen LogP contribution in [0.15, 0.2) is 60.7 Å². The molecule has 3 nitrogen and oxygen atoms in total. The molecule has 0 aliphatic heterocycles. The minimum Gasteiger partial charge on any atom is -0.393 e. The number of rotatable bonds is 7. The molecule has 0 spiro atoms. The molecule has 5 rings (SSSR count). The highest BCUT2D eigenvalue weighted by molar-refractivity contribution is 7.78. The summed E-state index contributed by atoms with van der Waals surface area (Å²) in [5.74, 6) is -0.157. The van der Waals surface area contributed by atoms with Crippen molar-refractivity contribution < 1.29 is 14.2 Å². The Morgan fingerprint density at radius 1 is 0.629 bits per heavy atom. The molecule has 0 bridgehead atoms. The maximum Gasteiger partial charge on any atom is 0.143 e. The predicted molar refractivity (Wildman–Crippen MR) is 148 cm³/mol. The van der Waals surface area contributed by atoms with E-state index in [4.69, 9.17) is 0 Å². The predicted octanol–water partition coefficient (Wildman–Crippen LogP) is 7.17. The molecular formula is C30H42O3P2. The van der Waals surface area contributed by atoms with E-state index < -0.39 is 20.4 Å². The second kappa shape index (κ2) is 11.1. The highest BCUT2D eigenvalue weighted by atomic mass is 31.2. The van der Waals surface area contributed by atoms with Gasteiger partial charge in [0.25, 0.3) is 0 Å². The van der Waals surface area contributed by atoms with Gasteiger partial charge in [0.15, 0.2) is 0 Å². The van der Waals surface area contributed by atoms with Crippen LogP contribution in [0.3, 0.4) is 0 Å². The third-order valence-electron chi connectivity index (χ3n) is 9.37. The minimum atomic E-state index is -2.98. The van der Waals surface area contributed by atoms with Crippen molar-refractivity contribution in [3.05, 3.63) is 60.7 Å². The van der Waals surface area contributed by atoms with E-state index in [0.717, 1.165) is 42.7 Å². The fraction of sp³-hybridized carbons (Fsp3) is 0.600. The van der Waals surface area contributed by atoms with E-state index in [0.29, 0.717) is 23.9 Å². The molecule has 5 heteroatoms. The third-order valence-corrected chi connectivity index (χ3v) is 17.6. The summed E-state index contributed by atoms with van der Waals surface area (Å²) >= 11 is 0. The highest BCUT2D eigenvalue weighted by Crippen LogP contribution is 2.70. The first kappa shape index (κ1) is 25.5. The zero-order chi connectivity index (χ0) is 24.3. The maximum absolute atomic E-state index is 15.4. The molecule has 3 fully saturated rings. The molecular weight excluding hydrogens is 470 g/mol. The summed E-state index contributed by atoms with van der Waals surface area (Å²) in [6.45, 7) is 0. The van der Waals surface area contributed by atoms with Crippen LogP contribution >= 0.6 is 14.3 Å². The number of aliphatic hydroxyl groups is 1. The average molecular weight is 513 g/mol. The second-order valence-corrected chi connectivity index (χ2v) is 17.8. The van der Waals surface area contributed by atoms with Crippen molar-refractivity contribution in [1.29, 1.82) is 0 Å². The Morgan fingerprint density at radius 2 is 1.09 bits per heavy atom. The number of aliphatic hydroxyl groups excluding tert-OH is 1. The van der Waals surface area contributed by atoms with Crippen molar-refractivity contribution in [1.82, 2.24) is 0 Å². The van der Waals surface area contributed by atoms with Crippen LogP contribution in [0.1, 0.15) is 77.0 Å². The molecule has 3 atom stereocenters. The summed E-state index contributed by atoms with van der Waals surface area (Å²) in [5, 5.41) is 13.0. The van der Waals surface area contributed by atoms with Crippen LogP contribution in [-0.2, 0) is 9.13 Å². The van der Waals surface area contributed by atoms with Gasteiger partial charge in [-0.1, -0.05) is 99.2 Å². The molecule has 0 heterocycles. The van der Waals surface area contributed by atoms with Gasteiger partial charge in [0.05, 0.1) is 13.2 Å². The molecule has 1 N–H and O–H groups in total. The van der Waals surface area contributed by atoms with Crippen LogP contribution in [0.2, 0.25) is 0 Å². The molecule has 0 amide bonds. The topological polar surface area (TPSA) is 54.4 Å². The quantitative estimate of drug-likeness (QED) is 0.400. The molecule has 2 aromatic carbocycles. The normalized spacial score (nSPS) is 27.2. The maximum atomic E-state index is 15.4. The molecule has 0 saturated heterocycles. The zero-order valence-electron chi connectivity index (χ0n) is 21.0. The van der Waals surface area contributed by atoms with Gasteiger partial charge in [0, 0.05) is 39.7 Å². The average Bonchev–Trinajstić information content (AvgIpc) is 3.30. The minimum absolute atomic E-state index is 0.0180. The van der Waals surface area contributed by atoms with Crippen molar-refractivity contribution in [2.45, 2.75) is 100 Å². The summed E-state index contributed by atoms with van der Waals surface area (Å²) in [4.78, 5) is 0. The van der Waals surface area contributed by atoms with Gasteiger partial charge in [-0.05, 0) is 38.5 Å². The molecule has 3 aliphatic carbocycles. The van der Waals surface area contributed by atoms with Gasteiger partial charge < -0.3 is 14.2 Å². The van der Waals surface area contributed by atoms with Crippen molar-refractivity contribution >= 4 is 24.9 Å². The van der Waals surface area contributed by atoms with Gasteiger partial charge in [-0.2, -0.15) is 0 Å². The number of hydrogen-bond donors (Lipinski definition) is 1. The van der Waals surface area contributed by atoms with E-state index in [9.17, 15) is 9.67 Å². The van der Waals surface area contributed by atoms with Gasteiger partial charge in [0.2, 0.25) is 0 Å². The first-order valence-electron chi connectivity index (χ1n) is 14.0. The Hall–Kier alpha value is -1.14. The van der Waals surface area contributed by atoms with Crippen LogP contribution in [0.25, 0.3) is 0 Å². The third kappa shape index (κ3) is 5.03. The summed E-state index contributed by atoms with van der Waals surface area (Å²) < 4.78 is 30.4. The van der Waals surface area contributed by atoms with Crippen LogP contribution in [-0.4, -0.2) is 34.3 Å². The SMILES string of the molecule is O=P(C[C@H]1[C@H](P(=O)(C2CCCCC2)C2CCCCC2)CC[C@@H]1O)(c1ccccc1)c1ccccc1. The Kier molecular flexibility index (Phi) is 8.08. The first-order valence-corrected chi connectivity index (χ1v) is 17.8. The first-order chi connectivity index (χ1) is 17.0. The van der Waals surface area contributed by atoms with Crippen molar-refractivity contribution in [3.8, 4) is 0 Å². The van der Waals surface area contributed by atoms with Gasteiger partial charge in [-0.25, -0.2) is 0 Å². The summed E-state index contributed by atoms with van der Waals surface area (Å²) in [6, 6.07) is 19.7. The molecule has 0 unspecified atom stereocenters. The second-order valence-electron chi connectivity index (χ2n) is 11.3. The Labute approximate surface area is 211 Å². The van der Waals surface area contributed by atoms with Gasteiger partial charge >= 0.3 is 0 Å². The van der Waals surface area contributed by atoms with Gasteiger partial charge in [-0.15, -0.1) is 0 Å². The lowest BCUT2D eigenvalue weighted by molar-refractivity contribution is 0.142. The van der Waals surface area contributed by atoms with Crippen molar-refractivity contribution in [2.75, 3.05) is 6.16 Å². The van der Waals surface area contributed by atoms with Crippen molar-refractivity contribution in [3.63, 3.8) is 0 Å². The Morgan fingerprint density at radius 3 is 1.54 bits per heavy atom. The van der Waals surface area contributed by atoms with E-state index in [1.807, 2.05) is 60.7 Å². The summed E-state index contributed by atoms with van der Waals surface area (Å²) in [6.07, 6.45) is 13.1. The summed E-state index contributed by atoms with van der Waals surface area (Å²) in [5.41, 5.74) is 0.638. The monoisotopic (exact) mass is 512 g/mol. The molecule has 3 aliphatic rings. The smallest absolute Gasteiger partial charge is 0.143 e. The van der Waals surface area contributed by atoms with E-state index in [1.54, 1.807) is 0 Å². The zero-order valence-corrected chi connectivity index (χ0v) is 22.8. The Balaban J connectivity index is 1.54. The molecule has 0 aromatic heterocycles. The van der Waals surface area contributed by atoms with Gasteiger partial charge in [0.1, 0.15) is 7.14 Å². The number of hydrogen-bond acceptors (Lipinski definition) is 3. The summed E-state index contributed by atoms with van der Waals surface area (Å²) in [7, 11) is -5.54. The van der Waals surface area contributed by atoms with Crippen LogP contribution in [0.5, 0.6) is 0 Å². The fourth-order valence-electron chi connectivity index (χ4n) is 7.57. The molecule has 2 aromatic rings. The largest absolute Gasteiger partial charge is 0.393 e. The fourth-order valence-corrected chi connectivity index (χ4v) is 16.3. The van der Waals surface area contributed by atoms with E-state index in [2.05, 4.69) is 0 Å². The Bertz CT molecular complexity index is 976. The molecule has 35 heavy (non-hydrogen) atoms. The highest BCUT2D eigenvalue weighted by Gasteiger charge is 2.54. The lowest BCUT2D eigenvalue weighted by atomic mass is 9.99. The lowest BCUT2D eigenvalue weighted by Crippen LogP contribution is -2.37. The van der Waals surface area contributed by atoms with E-state index in [1.165, 1.54) is 38.5 Å². The van der Waals surface area contributed by atoms with Crippen LogP contribution < -0.4 is 10.6 Å². The van der Waals surface area contributed by atoms with Crippen LogP contribution in [0, 0.1) is 5.92 Å². The molecule has 0 radical (unpaired) electrons. The standard InChI is InChI=1S/C30H42O3P2/c31-29-21-22-30(35(33,26-17-9-3-10-18-26)27-19-11-4-12-20-27)28(29)23-34(32,24-13-5-1-6-14-24)25-15-7-2-8-16-25/h1-2,5-8,13-16,26-31H,3-4,9-12,17-23H2/t28-,29+,30-/m1/s1.